The van der Waals surface area contributed by atoms with Crippen molar-refractivity contribution >= 4 is 20.2 Å². The predicted octanol–water partition coefficient (Wildman–Crippen LogP) is 0.211. The number of rotatable bonds is 7. The summed E-state index contributed by atoms with van der Waals surface area (Å²) in [5.41, 5.74) is 0. The van der Waals surface area contributed by atoms with Crippen LogP contribution >= 0.6 is 0 Å². The van der Waals surface area contributed by atoms with Crippen molar-refractivity contribution in [3.8, 4) is 0 Å². The molecule has 0 saturated heterocycles. The first-order valence-electron chi connectivity index (χ1n) is 4.70. The van der Waals surface area contributed by atoms with Crippen molar-refractivity contribution < 1.29 is 25.2 Å². The number of hydrogen-bond acceptors (Lipinski definition) is 6. The molecule has 0 bridgehead atoms. The van der Waals surface area contributed by atoms with Crippen LogP contribution in [0.2, 0.25) is 0 Å². The van der Waals surface area contributed by atoms with E-state index in [-0.39, 0.29) is 25.0 Å². The Labute approximate surface area is 97.2 Å². The van der Waals surface area contributed by atoms with Crippen molar-refractivity contribution in [3.63, 3.8) is 0 Å². The van der Waals surface area contributed by atoms with Crippen LogP contribution in [0.25, 0.3) is 0 Å². The zero-order valence-electron chi connectivity index (χ0n) is 9.83. The van der Waals surface area contributed by atoms with Crippen molar-refractivity contribution in [2.45, 2.75) is 13.8 Å². The second kappa shape index (κ2) is 5.95. The molecular formula is C8H18O6S2. The molecule has 0 heterocycles. The van der Waals surface area contributed by atoms with Crippen molar-refractivity contribution in [1.82, 2.24) is 0 Å². The first-order valence-corrected chi connectivity index (χ1v) is 8.33. The average Bonchev–Trinajstić information content (AvgIpc) is 1.98. The molecule has 0 atom stereocenters. The van der Waals surface area contributed by atoms with Gasteiger partial charge in [0.25, 0.3) is 20.2 Å². The van der Waals surface area contributed by atoms with E-state index in [1.54, 1.807) is 0 Å². The van der Waals surface area contributed by atoms with Gasteiger partial charge in [0.05, 0.1) is 25.7 Å². The molecular weight excluding hydrogens is 256 g/mol. The molecule has 0 aromatic carbocycles. The summed E-state index contributed by atoms with van der Waals surface area (Å²) in [4.78, 5) is 0. The van der Waals surface area contributed by atoms with Crippen LogP contribution in [0.4, 0.5) is 0 Å². The minimum Gasteiger partial charge on any atom is -0.270 e. The van der Waals surface area contributed by atoms with E-state index in [0.717, 1.165) is 12.5 Å². The highest BCUT2D eigenvalue weighted by Crippen LogP contribution is 2.13. The zero-order chi connectivity index (χ0) is 13.0. The van der Waals surface area contributed by atoms with E-state index < -0.39 is 20.2 Å². The Hall–Kier alpha value is -0.180. The van der Waals surface area contributed by atoms with Crippen LogP contribution in [0.1, 0.15) is 13.8 Å². The molecule has 0 rings (SSSR count). The highest BCUT2D eigenvalue weighted by molar-refractivity contribution is 7.86. The molecule has 0 N–H and O–H groups in total. The summed E-state index contributed by atoms with van der Waals surface area (Å²) in [6, 6.07) is 0. The zero-order valence-corrected chi connectivity index (χ0v) is 11.5. The van der Waals surface area contributed by atoms with Gasteiger partial charge in [-0.3, -0.25) is 8.37 Å². The van der Waals surface area contributed by atoms with Crippen molar-refractivity contribution in [2.75, 3.05) is 25.7 Å². The molecule has 0 saturated carbocycles. The summed E-state index contributed by atoms with van der Waals surface area (Å²) in [7, 11) is -7.02. The largest absolute Gasteiger partial charge is 0.270 e. The van der Waals surface area contributed by atoms with Crippen LogP contribution in [0.15, 0.2) is 0 Å². The number of hydrogen-bond donors (Lipinski definition) is 0. The molecule has 0 aliphatic carbocycles. The van der Waals surface area contributed by atoms with Gasteiger partial charge >= 0.3 is 0 Å². The van der Waals surface area contributed by atoms with Gasteiger partial charge < -0.3 is 0 Å². The smallest absolute Gasteiger partial charge is 0.264 e. The van der Waals surface area contributed by atoms with Crippen molar-refractivity contribution in [3.05, 3.63) is 0 Å². The van der Waals surface area contributed by atoms with E-state index in [1.807, 2.05) is 13.8 Å². The van der Waals surface area contributed by atoms with E-state index in [0.29, 0.717) is 0 Å². The molecule has 98 valence electrons. The van der Waals surface area contributed by atoms with Crippen LogP contribution in [-0.4, -0.2) is 42.6 Å². The lowest BCUT2D eigenvalue weighted by Crippen LogP contribution is -2.24. The Kier molecular flexibility index (Phi) is 5.88. The normalized spacial score (nSPS) is 13.6. The fourth-order valence-corrected chi connectivity index (χ4v) is 1.70. The lowest BCUT2D eigenvalue weighted by atomic mass is 9.98. The molecule has 0 radical (unpaired) electrons. The SMILES string of the molecule is CC(C)C(COS(C)(=O)=O)COS(C)(=O)=O. The third kappa shape index (κ3) is 9.08. The fraction of sp³-hybridized carbons (Fsp3) is 1.00. The van der Waals surface area contributed by atoms with Crippen LogP contribution in [0.5, 0.6) is 0 Å². The first-order chi connectivity index (χ1) is 7.01. The Balaban J connectivity index is 4.30. The minimum absolute atomic E-state index is 0.0588. The summed E-state index contributed by atoms with van der Waals surface area (Å²) >= 11 is 0. The fourth-order valence-electron chi connectivity index (χ4n) is 0.855. The third-order valence-electron chi connectivity index (χ3n) is 1.94. The summed E-state index contributed by atoms with van der Waals surface area (Å²) in [5.74, 6) is -0.229. The van der Waals surface area contributed by atoms with Gasteiger partial charge in [-0.1, -0.05) is 13.8 Å². The molecule has 6 nitrogen and oxygen atoms in total. The van der Waals surface area contributed by atoms with Gasteiger partial charge in [-0.05, 0) is 5.92 Å². The molecule has 0 unspecified atom stereocenters. The monoisotopic (exact) mass is 274 g/mol. The van der Waals surface area contributed by atoms with Gasteiger partial charge in [0.2, 0.25) is 0 Å². The summed E-state index contributed by atoms with van der Waals surface area (Å²) in [6.45, 7) is 3.52. The molecule has 0 fully saturated rings. The maximum atomic E-state index is 10.8. The highest BCUT2D eigenvalue weighted by atomic mass is 32.2. The molecule has 16 heavy (non-hydrogen) atoms. The molecule has 0 aliphatic rings. The summed E-state index contributed by atoms with van der Waals surface area (Å²) < 4.78 is 52.3. The first kappa shape index (κ1) is 15.8. The van der Waals surface area contributed by atoms with Crippen LogP contribution < -0.4 is 0 Å². The van der Waals surface area contributed by atoms with Crippen LogP contribution in [0, 0.1) is 11.8 Å². The minimum atomic E-state index is -3.51. The lowest BCUT2D eigenvalue weighted by molar-refractivity contribution is 0.151. The Bertz CT molecular complexity index is 358. The molecule has 0 aliphatic heterocycles. The predicted molar refractivity (Wildman–Crippen MR) is 59.9 cm³/mol. The maximum absolute atomic E-state index is 10.8. The van der Waals surface area contributed by atoms with E-state index in [9.17, 15) is 16.8 Å². The standard InChI is InChI=1S/C8H18O6S2/c1-7(2)8(5-13-15(3,9)10)6-14-16(4,11)12/h7-8H,5-6H2,1-4H3. The second-order valence-corrected chi connectivity index (χ2v) is 7.27. The van der Waals surface area contributed by atoms with Gasteiger partial charge in [-0.2, -0.15) is 16.8 Å². The van der Waals surface area contributed by atoms with Crippen LogP contribution in [0.3, 0.4) is 0 Å². The topological polar surface area (TPSA) is 86.7 Å². The second-order valence-electron chi connectivity index (χ2n) is 3.98. The van der Waals surface area contributed by atoms with Gasteiger partial charge in [-0.25, -0.2) is 0 Å². The van der Waals surface area contributed by atoms with E-state index in [4.69, 9.17) is 0 Å². The van der Waals surface area contributed by atoms with Gasteiger partial charge in [0.1, 0.15) is 0 Å². The molecule has 0 aromatic rings. The Morgan fingerprint density at radius 3 is 1.38 bits per heavy atom. The molecule has 0 aromatic heterocycles. The lowest BCUT2D eigenvalue weighted by Gasteiger charge is -2.19. The molecule has 0 amide bonds. The summed E-state index contributed by atoms with van der Waals surface area (Å²) in [5, 5.41) is 0. The Morgan fingerprint density at radius 1 is 0.875 bits per heavy atom. The van der Waals surface area contributed by atoms with Crippen molar-refractivity contribution in [2.24, 2.45) is 11.8 Å². The van der Waals surface area contributed by atoms with E-state index >= 15 is 0 Å². The summed E-state index contributed by atoms with van der Waals surface area (Å²) in [6.07, 6.45) is 1.89. The van der Waals surface area contributed by atoms with E-state index in [2.05, 4.69) is 8.37 Å². The molecule has 0 spiro atoms. The quantitative estimate of drug-likeness (QED) is 0.617. The van der Waals surface area contributed by atoms with Gasteiger partial charge in [0.15, 0.2) is 0 Å². The van der Waals surface area contributed by atoms with E-state index in [1.165, 1.54) is 0 Å². The van der Waals surface area contributed by atoms with Crippen molar-refractivity contribution in [1.29, 1.82) is 0 Å². The molecule has 8 heteroatoms. The highest BCUT2D eigenvalue weighted by Gasteiger charge is 2.18. The van der Waals surface area contributed by atoms with Gasteiger partial charge in [-0.15, -0.1) is 0 Å². The van der Waals surface area contributed by atoms with Crippen LogP contribution in [-0.2, 0) is 28.6 Å². The third-order valence-corrected chi connectivity index (χ3v) is 3.06. The Morgan fingerprint density at radius 2 is 1.19 bits per heavy atom. The van der Waals surface area contributed by atoms with Gasteiger partial charge in [0, 0.05) is 5.92 Å². The average molecular weight is 274 g/mol. The maximum Gasteiger partial charge on any atom is 0.264 e.